The molecule has 0 aliphatic heterocycles. The van der Waals surface area contributed by atoms with Gasteiger partial charge in [-0.1, -0.05) is 12.1 Å². The van der Waals surface area contributed by atoms with Crippen molar-refractivity contribution >= 4 is 34.5 Å². The molecule has 0 saturated heterocycles. The van der Waals surface area contributed by atoms with Crippen molar-refractivity contribution in [2.75, 3.05) is 10.6 Å². The first-order valence-corrected chi connectivity index (χ1v) is 14.3. The molecule has 1 aromatic carbocycles. The fourth-order valence-corrected chi connectivity index (χ4v) is 10.4. The number of carbonyl (C=O) groups excluding carboxylic acids is 2. The Morgan fingerprint density at radius 2 is 0.889 bits per heavy atom. The number of amides is 2. The predicted octanol–water partition coefficient (Wildman–Crippen LogP) is 5.94. The number of anilines is 2. The minimum Gasteiger partial charge on any atom is -0.307 e. The zero-order valence-electron chi connectivity index (χ0n) is 21.0. The molecule has 36 heavy (non-hydrogen) atoms. The molecule has 8 saturated carbocycles. The molecule has 8 aliphatic carbocycles. The number of aromatic nitrogens is 2. The Bertz CT molecular complexity index is 1100. The van der Waals surface area contributed by atoms with Crippen LogP contribution in [0.25, 0.3) is 11.0 Å². The molecular weight excluding hydrogens is 448 g/mol. The van der Waals surface area contributed by atoms with Gasteiger partial charge in [-0.05, 0) is 125 Å². The van der Waals surface area contributed by atoms with Crippen LogP contribution in [-0.2, 0) is 9.59 Å². The standard InChI is InChI=1S/C30H36N4O2/c35-27(29-11-17-5-18(12-29)7-19(6-17)13-29)33-25-26(32-24-4-2-1-3-23(24)31-25)34-28(36)30-14-20-8-21(15-30)10-22(9-20)16-30/h1-4,17-22H,5-16H2,(H,31,33,35)(H,32,34,36). The van der Waals surface area contributed by atoms with E-state index >= 15 is 0 Å². The van der Waals surface area contributed by atoms with Crippen LogP contribution in [0.15, 0.2) is 24.3 Å². The van der Waals surface area contributed by atoms with E-state index in [0.29, 0.717) is 47.1 Å². The lowest BCUT2D eigenvalue weighted by atomic mass is 9.49. The lowest BCUT2D eigenvalue weighted by Crippen LogP contribution is -2.52. The molecule has 0 spiro atoms. The first kappa shape index (κ1) is 21.6. The summed E-state index contributed by atoms with van der Waals surface area (Å²) in [7, 11) is 0. The Labute approximate surface area is 212 Å². The van der Waals surface area contributed by atoms with Crippen molar-refractivity contribution < 1.29 is 9.59 Å². The molecule has 1 aromatic heterocycles. The summed E-state index contributed by atoms with van der Waals surface area (Å²) in [5.41, 5.74) is 0.934. The Kier molecular flexibility index (Phi) is 4.50. The quantitative estimate of drug-likeness (QED) is 0.563. The average Bonchev–Trinajstić information content (AvgIpc) is 2.82. The van der Waals surface area contributed by atoms with Crippen LogP contribution < -0.4 is 10.6 Å². The summed E-state index contributed by atoms with van der Waals surface area (Å²) >= 11 is 0. The van der Waals surface area contributed by atoms with Crippen molar-refractivity contribution in [3.63, 3.8) is 0 Å². The molecule has 0 radical (unpaired) electrons. The van der Waals surface area contributed by atoms with E-state index < -0.39 is 0 Å². The molecule has 1 heterocycles. The Morgan fingerprint density at radius 1 is 0.583 bits per heavy atom. The molecule has 10 rings (SSSR count). The van der Waals surface area contributed by atoms with Gasteiger partial charge in [-0.25, -0.2) is 9.97 Å². The highest BCUT2D eigenvalue weighted by atomic mass is 16.2. The Balaban J connectivity index is 1.11. The molecule has 6 nitrogen and oxygen atoms in total. The third-order valence-electron chi connectivity index (χ3n) is 11.1. The topological polar surface area (TPSA) is 84.0 Å². The predicted molar refractivity (Wildman–Crippen MR) is 138 cm³/mol. The van der Waals surface area contributed by atoms with Gasteiger partial charge in [0.05, 0.1) is 21.9 Å². The van der Waals surface area contributed by atoms with Crippen LogP contribution in [0.1, 0.15) is 77.0 Å². The summed E-state index contributed by atoms with van der Waals surface area (Å²) in [4.78, 5) is 37.4. The lowest BCUT2D eigenvalue weighted by molar-refractivity contribution is -0.141. The highest BCUT2D eigenvalue weighted by molar-refractivity contribution is 6.02. The van der Waals surface area contributed by atoms with Crippen molar-refractivity contribution in [3.8, 4) is 0 Å². The summed E-state index contributed by atoms with van der Waals surface area (Å²) in [5, 5.41) is 6.42. The van der Waals surface area contributed by atoms with Gasteiger partial charge in [0.25, 0.3) is 0 Å². The summed E-state index contributed by atoms with van der Waals surface area (Å²) in [6, 6.07) is 7.73. The highest BCUT2D eigenvalue weighted by Gasteiger charge is 2.56. The molecule has 8 fully saturated rings. The smallest absolute Gasteiger partial charge is 0.231 e. The number of nitrogens with zero attached hydrogens (tertiary/aromatic N) is 2. The van der Waals surface area contributed by atoms with Crippen molar-refractivity contribution in [3.05, 3.63) is 24.3 Å². The van der Waals surface area contributed by atoms with Gasteiger partial charge in [-0.3, -0.25) is 9.59 Å². The number of carbonyl (C=O) groups is 2. The number of benzene rings is 1. The number of nitrogens with one attached hydrogen (secondary N) is 2. The van der Waals surface area contributed by atoms with E-state index in [-0.39, 0.29) is 22.6 Å². The van der Waals surface area contributed by atoms with E-state index in [1.807, 2.05) is 24.3 Å². The third kappa shape index (κ3) is 3.28. The number of hydrogen-bond donors (Lipinski definition) is 2. The Morgan fingerprint density at radius 3 is 1.19 bits per heavy atom. The van der Waals surface area contributed by atoms with Crippen LogP contribution in [0.3, 0.4) is 0 Å². The molecule has 6 heteroatoms. The van der Waals surface area contributed by atoms with Crippen LogP contribution >= 0.6 is 0 Å². The van der Waals surface area contributed by atoms with Crippen LogP contribution in [0, 0.1) is 46.3 Å². The number of fused-ring (bicyclic) bond motifs is 1. The van der Waals surface area contributed by atoms with Crippen molar-refractivity contribution in [2.45, 2.75) is 77.0 Å². The van der Waals surface area contributed by atoms with Crippen molar-refractivity contribution in [1.29, 1.82) is 0 Å². The van der Waals surface area contributed by atoms with Crippen LogP contribution in [0.5, 0.6) is 0 Å². The summed E-state index contributed by atoms with van der Waals surface area (Å²) in [6.07, 6.45) is 13.8. The SMILES string of the molecule is O=C(Nc1nc2ccccc2nc1NC(=O)C12CC3CC(CC(C3)C1)C2)C12CC3CC(CC(C3)C1)C2. The van der Waals surface area contributed by atoms with Gasteiger partial charge in [0, 0.05) is 0 Å². The second-order valence-corrected chi connectivity index (χ2v) is 13.7. The van der Waals surface area contributed by atoms with Crippen molar-refractivity contribution in [1.82, 2.24) is 9.97 Å². The van der Waals surface area contributed by atoms with E-state index in [1.54, 1.807) is 0 Å². The van der Waals surface area contributed by atoms with Gasteiger partial charge in [0.1, 0.15) is 0 Å². The normalized spacial score (nSPS) is 41.6. The maximum atomic E-state index is 13.9. The van der Waals surface area contributed by atoms with Gasteiger partial charge < -0.3 is 10.6 Å². The average molecular weight is 485 g/mol. The van der Waals surface area contributed by atoms with Gasteiger partial charge in [0.15, 0.2) is 11.6 Å². The summed E-state index contributed by atoms with van der Waals surface area (Å²) in [6.45, 7) is 0. The van der Waals surface area contributed by atoms with Crippen molar-refractivity contribution in [2.24, 2.45) is 46.3 Å². The second-order valence-electron chi connectivity index (χ2n) is 13.7. The largest absolute Gasteiger partial charge is 0.307 e. The zero-order chi connectivity index (χ0) is 24.1. The zero-order valence-corrected chi connectivity index (χ0v) is 21.0. The van der Waals surface area contributed by atoms with E-state index in [0.717, 1.165) is 49.6 Å². The molecule has 0 atom stereocenters. The fraction of sp³-hybridized carbons (Fsp3) is 0.667. The minimum atomic E-state index is -0.275. The molecule has 8 bridgehead atoms. The molecule has 8 aliphatic rings. The number of hydrogen-bond acceptors (Lipinski definition) is 4. The fourth-order valence-electron chi connectivity index (χ4n) is 10.4. The first-order chi connectivity index (χ1) is 17.5. The maximum absolute atomic E-state index is 13.9. The van der Waals surface area contributed by atoms with Crippen LogP contribution in [0.4, 0.5) is 11.6 Å². The van der Waals surface area contributed by atoms with E-state index in [2.05, 4.69) is 10.6 Å². The first-order valence-electron chi connectivity index (χ1n) is 14.3. The molecule has 2 aromatic rings. The van der Waals surface area contributed by atoms with E-state index in [1.165, 1.54) is 38.5 Å². The maximum Gasteiger partial charge on any atom is 0.231 e. The van der Waals surface area contributed by atoms with Crippen LogP contribution in [-0.4, -0.2) is 21.8 Å². The third-order valence-corrected chi connectivity index (χ3v) is 11.1. The van der Waals surface area contributed by atoms with Gasteiger partial charge in [-0.15, -0.1) is 0 Å². The molecular formula is C30H36N4O2. The number of para-hydroxylation sites is 2. The van der Waals surface area contributed by atoms with Gasteiger partial charge >= 0.3 is 0 Å². The summed E-state index contributed by atoms with van der Waals surface area (Å²) < 4.78 is 0. The summed E-state index contributed by atoms with van der Waals surface area (Å²) in [5.74, 6) is 5.20. The lowest BCUT2D eigenvalue weighted by Gasteiger charge is -2.55. The minimum absolute atomic E-state index is 0.0940. The second kappa shape index (κ2) is 7.52. The molecule has 2 amide bonds. The van der Waals surface area contributed by atoms with E-state index in [9.17, 15) is 9.59 Å². The van der Waals surface area contributed by atoms with Crippen LogP contribution in [0.2, 0.25) is 0 Å². The monoisotopic (exact) mass is 484 g/mol. The van der Waals surface area contributed by atoms with E-state index in [4.69, 9.17) is 9.97 Å². The Hall–Kier alpha value is -2.50. The molecule has 2 N–H and O–H groups in total. The van der Waals surface area contributed by atoms with Gasteiger partial charge in [0.2, 0.25) is 11.8 Å². The number of rotatable bonds is 4. The van der Waals surface area contributed by atoms with Gasteiger partial charge in [-0.2, -0.15) is 0 Å². The molecule has 188 valence electrons. The highest BCUT2D eigenvalue weighted by Crippen LogP contribution is 2.61. The molecule has 0 unspecified atom stereocenters.